The molecule has 3 heterocycles. The zero-order valence-corrected chi connectivity index (χ0v) is 17.4. The van der Waals surface area contributed by atoms with Crippen molar-refractivity contribution in [2.75, 3.05) is 47.6 Å². The molecule has 1 N–H and O–H groups in total. The summed E-state index contributed by atoms with van der Waals surface area (Å²) >= 11 is 0. The van der Waals surface area contributed by atoms with Gasteiger partial charge in [-0.05, 0) is 12.5 Å². The fraction of sp³-hybridized carbons (Fsp3) is 0.571. The number of carbonyl (C=O) groups excluding carboxylic acids is 1. The Morgan fingerprint density at radius 1 is 1.24 bits per heavy atom. The number of rotatable bonds is 5. The zero-order chi connectivity index (χ0) is 20.6. The van der Waals surface area contributed by atoms with E-state index in [1.807, 2.05) is 11.0 Å². The molecule has 2 fully saturated rings. The summed E-state index contributed by atoms with van der Waals surface area (Å²) in [5.41, 5.74) is 0.751. The molecule has 2 aliphatic rings. The second-order valence-corrected chi connectivity index (χ2v) is 7.61. The first-order chi connectivity index (χ1) is 14.0. The summed E-state index contributed by atoms with van der Waals surface area (Å²) in [5, 5.41) is 0.771. The molecule has 29 heavy (non-hydrogen) atoms. The third-order valence-electron chi connectivity index (χ3n) is 5.80. The van der Waals surface area contributed by atoms with E-state index in [1.165, 1.54) is 0 Å². The molecule has 0 saturated carbocycles. The lowest BCUT2D eigenvalue weighted by molar-refractivity contribution is -0.145. The molecular weight excluding hydrogens is 376 g/mol. The van der Waals surface area contributed by atoms with E-state index in [9.17, 15) is 4.79 Å². The van der Waals surface area contributed by atoms with Crippen LogP contribution in [0.2, 0.25) is 0 Å². The minimum absolute atomic E-state index is 0.00273. The lowest BCUT2D eigenvalue weighted by Gasteiger charge is -2.43. The monoisotopic (exact) mass is 404 g/mol. The van der Waals surface area contributed by atoms with Crippen LogP contribution in [-0.2, 0) is 9.47 Å². The van der Waals surface area contributed by atoms with Gasteiger partial charge in [0.1, 0.15) is 17.0 Å². The van der Waals surface area contributed by atoms with E-state index in [2.05, 4.69) is 11.9 Å². The topological polar surface area (TPSA) is 82.2 Å². The Balaban J connectivity index is 1.71. The van der Waals surface area contributed by atoms with Gasteiger partial charge in [0.05, 0.1) is 46.1 Å². The van der Waals surface area contributed by atoms with Gasteiger partial charge in [-0.3, -0.25) is 4.79 Å². The number of nitrogens with one attached hydrogen (secondary N) is 1. The van der Waals surface area contributed by atoms with Crippen molar-refractivity contribution in [2.45, 2.75) is 31.5 Å². The van der Waals surface area contributed by atoms with Crippen molar-refractivity contribution in [3.63, 3.8) is 0 Å². The lowest BCUT2D eigenvalue weighted by Crippen LogP contribution is -2.57. The van der Waals surface area contributed by atoms with Gasteiger partial charge >= 0.3 is 0 Å². The molecule has 0 radical (unpaired) electrons. The molecule has 0 unspecified atom stereocenters. The Labute approximate surface area is 170 Å². The van der Waals surface area contributed by atoms with Gasteiger partial charge in [0.15, 0.2) is 11.5 Å². The van der Waals surface area contributed by atoms with Gasteiger partial charge in [-0.25, -0.2) is 0 Å². The Kier molecular flexibility index (Phi) is 5.31. The first-order valence-corrected chi connectivity index (χ1v) is 9.90. The predicted octanol–water partition coefficient (Wildman–Crippen LogP) is 2.60. The fourth-order valence-corrected chi connectivity index (χ4v) is 4.28. The van der Waals surface area contributed by atoms with E-state index < -0.39 is 5.60 Å². The molecule has 0 aliphatic carbocycles. The number of aromatic nitrogens is 1. The molecule has 2 saturated heterocycles. The maximum atomic E-state index is 13.4. The van der Waals surface area contributed by atoms with E-state index in [-0.39, 0.29) is 12.0 Å². The van der Waals surface area contributed by atoms with Gasteiger partial charge in [-0.15, -0.1) is 0 Å². The van der Waals surface area contributed by atoms with Crippen molar-refractivity contribution < 1.29 is 28.5 Å². The number of hydrogen-bond acceptors (Lipinski definition) is 6. The molecule has 8 nitrogen and oxygen atoms in total. The zero-order valence-electron chi connectivity index (χ0n) is 17.4. The predicted molar refractivity (Wildman–Crippen MR) is 107 cm³/mol. The number of fused-ring (bicyclic) bond motifs is 1. The lowest BCUT2D eigenvalue weighted by atomic mass is 9.98. The highest BCUT2D eigenvalue weighted by Gasteiger charge is 2.45. The third kappa shape index (κ3) is 3.40. The second kappa shape index (κ2) is 7.76. The molecule has 2 aromatic rings. The van der Waals surface area contributed by atoms with Crippen LogP contribution < -0.4 is 14.2 Å². The van der Waals surface area contributed by atoms with Crippen molar-refractivity contribution in [3.05, 3.63) is 17.8 Å². The van der Waals surface area contributed by atoms with Crippen LogP contribution in [0.5, 0.6) is 17.2 Å². The molecule has 1 amide bonds. The van der Waals surface area contributed by atoms with Gasteiger partial charge in [-0.2, -0.15) is 0 Å². The number of benzene rings is 1. The molecule has 2 atom stereocenters. The van der Waals surface area contributed by atoms with E-state index in [4.69, 9.17) is 23.7 Å². The van der Waals surface area contributed by atoms with Gasteiger partial charge in [-0.1, -0.05) is 6.92 Å². The molecule has 1 aromatic carbocycles. The van der Waals surface area contributed by atoms with Crippen LogP contribution in [0.1, 0.15) is 30.3 Å². The number of H-pyrrole nitrogens is 1. The highest BCUT2D eigenvalue weighted by Crippen LogP contribution is 2.41. The molecule has 0 bridgehead atoms. The average Bonchev–Trinajstić information content (AvgIpc) is 3.38. The van der Waals surface area contributed by atoms with E-state index in [0.29, 0.717) is 54.8 Å². The van der Waals surface area contributed by atoms with Gasteiger partial charge in [0.2, 0.25) is 0 Å². The minimum atomic E-state index is -0.404. The maximum absolute atomic E-state index is 13.4. The summed E-state index contributed by atoms with van der Waals surface area (Å²) in [6, 6.07) is 3.57. The van der Waals surface area contributed by atoms with Crippen LogP contribution >= 0.6 is 0 Å². The van der Waals surface area contributed by atoms with Gasteiger partial charge < -0.3 is 33.6 Å². The highest BCUT2D eigenvalue weighted by molar-refractivity contribution is 6.02. The van der Waals surface area contributed by atoms with Crippen molar-refractivity contribution in [3.8, 4) is 17.2 Å². The first kappa shape index (κ1) is 19.8. The molecular formula is C21H28N2O6. The summed E-state index contributed by atoms with van der Waals surface area (Å²) in [5.74, 6) is 1.62. The van der Waals surface area contributed by atoms with Crippen LogP contribution in [0, 0.1) is 0 Å². The Bertz CT molecular complexity index is 902. The van der Waals surface area contributed by atoms with Crippen molar-refractivity contribution >= 4 is 16.8 Å². The molecule has 1 aromatic heterocycles. The Morgan fingerprint density at radius 3 is 2.66 bits per heavy atom. The van der Waals surface area contributed by atoms with E-state index >= 15 is 0 Å². The molecule has 1 spiro atoms. The molecule has 2 aliphatic heterocycles. The smallest absolute Gasteiger partial charge is 0.270 e. The van der Waals surface area contributed by atoms with E-state index in [1.54, 1.807) is 27.4 Å². The summed E-state index contributed by atoms with van der Waals surface area (Å²) < 4.78 is 28.3. The number of ether oxygens (including phenoxy) is 5. The fourth-order valence-electron chi connectivity index (χ4n) is 4.28. The summed E-state index contributed by atoms with van der Waals surface area (Å²) in [7, 11) is 4.73. The second-order valence-electron chi connectivity index (χ2n) is 7.61. The standard InChI is InChI=1S/C21H28N2O6/c1-5-13-10-23(11-21(29-13)6-7-28-12-21)20(24)15-8-14-16(25-2)9-17(26-3)19(27-4)18(14)22-15/h8-9,13,22H,5-7,10-12H2,1-4H3/t13-,21+/m1/s1. The van der Waals surface area contributed by atoms with Crippen molar-refractivity contribution in [1.82, 2.24) is 9.88 Å². The summed E-state index contributed by atoms with van der Waals surface area (Å²) in [6.07, 6.45) is 1.65. The molecule has 158 valence electrons. The molecule has 8 heteroatoms. The number of amides is 1. The maximum Gasteiger partial charge on any atom is 0.270 e. The number of hydrogen-bond donors (Lipinski definition) is 1. The summed E-state index contributed by atoms with van der Waals surface area (Å²) in [4.78, 5) is 18.5. The van der Waals surface area contributed by atoms with Gasteiger partial charge in [0, 0.05) is 31.0 Å². The highest BCUT2D eigenvalue weighted by atomic mass is 16.6. The normalized spacial score (nSPS) is 24.3. The van der Waals surface area contributed by atoms with Crippen molar-refractivity contribution in [1.29, 1.82) is 0 Å². The number of morpholine rings is 1. The van der Waals surface area contributed by atoms with E-state index in [0.717, 1.165) is 18.2 Å². The quantitative estimate of drug-likeness (QED) is 0.825. The number of aromatic amines is 1. The summed E-state index contributed by atoms with van der Waals surface area (Å²) in [6.45, 7) is 4.35. The third-order valence-corrected chi connectivity index (χ3v) is 5.80. The average molecular weight is 404 g/mol. The Hall–Kier alpha value is -2.45. The number of nitrogens with zero attached hydrogens (tertiary/aromatic N) is 1. The van der Waals surface area contributed by atoms with Crippen LogP contribution in [0.3, 0.4) is 0 Å². The van der Waals surface area contributed by atoms with Crippen LogP contribution in [-0.4, -0.2) is 75.1 Å². The minimum Gasteiger partial charge on any atom is -0.496 e. The first-order valence-electron chi connectivity index (χ1n) is 9.90. The largest absolute Gasteiger partial charge is 0.496 e. The van der Waals surface area contributed by atoms with Crippen LogP contribution in [0.4, 0.5) is 0 Å². The van der Waals surface area contributed by atoms with Crippen LogP contribution in [0.15, 0.2) is 12.1 Å². The SMILES string of the molecule is CC[C@@H]1CN(C(=O)c2cc3c(OC)cc(OC)c(OC)c3[nH]2)C[C@]2(CCOC2)O1. The van der Waals surface area contributed by atoms with Crippen LogP contribution in [0.25, 0.3) is 10.9 Å². The molecule has 4 rings (SSSR count). The van der Waals surface area contributed by atoms with Crippen molar-refractivity contribution in [2.24, 2.45) is 0 Å². The Morgan fingerprint density at radius 2 is 2.03 bits per heavy atom. The number of carbonyl (C=O) groups is 1. The van der Waals surface area contributed by atoms with Gasteiger partial charge in [0.25, 0.3) is 5.91 Å². The number of methoxy groups -OCH3 is 3.